The summed E-state index contributed by atoms with van der Waals surface area (Å²) < 4.78 is 10.6. The maximum Gasteiger partial charge on any atom is 0.227 e. The third-order valence-corrected chi connectivity index (χ3v) is 5.20. The number of hydrogen-bond donors (Lipinski definition) is 1. The lowest BCUT2D eigenvalue weighted by Gasteiger charge is -2.36. The minimum absolute atomic E-state index is 0.0251. The number of nitrogens with one attached hydrogen (secondary N) is 1. The molecule has 156 valence electrons. The van der Waals surface area contributed by atoms with Gasteiger partial charge in [-0.15, -0.1) is 0 Å². The van der Waals surface area contributed by atoms with Gasteiger partial charge in [-0.1, -0.05) is 20.8 Å². The van der Waals surface area contributed by atoms with E-state index in [4.69, 9.17) is 9.47 Å². The highest BCUT2D eigenvalue weighted by Crippen LogP contribution is 2.26. The van der Waals surface area contributed by atoms with E-state index in [1.807, 2.05) is 43.9 Å². The Balaban J connectivity index is 1.80. The summed E-state index contributed by atoms with van der Waals surface area (Å²) in [5.41, 5.74) is 0.563. The molecule has 6 nitrogen and oxygen atoms in total. The predicted molar refractivity (Wildman–Crippen MR) is 109 cm³/mol. The summed E-state index contributed by atoms with van der Waals surface area (Å²) in [5, 5.41) is 2.97. The first kappa shape index (κ1) is 22.1. The molecule has 1 atom stereocenters. The molecule has 0 aromatic heterocycles. The molecule has 1 N–H and O–H groups in total. The Labute approximate surface area is 168 Å². The van der Waals surface area contributed by atoms with Crippen LogP contribution in [0.4, 0.5) is 0 Å². The van der Waals surface area contributed by atoms with Crippen molar-refractivity contribution < 1.29 is 19.1 Å². The zero-order valence-electron chi connectivity index (χ0n) is 17.8. The molecule has 1 aliphatic heterocycles. The Kier molecular flexibility index (Phi) is 7.72. The molecule has 1 aliphatic rings. The van der Waals surface area contributed by atoms with E-state index in [2.05, 4.69) is 5.32 Å². The summed E-state index contributed by atoms with van der Waals surface area (Å²) in [5.74, 6) is 2.04. The van der Waals surface area contributed by atoms with Crippen LogP contribution in [0.15, 0.2) is 18.2 Å². The van der Waals surface area contributed by atoms with Crippen molar-refractivity contribution in [2.45, 2.75) is 53.0 Å². The van der Waals surface area contributed by atoms with E-state index in [-0.39, 0.29) is 17.2 Å². The van der Waals surface area contributed by atoms with E-state index in [9.17, 15) is 9.59 Å². The normalized spacial score (nSPS) is 17.2. The first-order valence-corrected chi connectivity index (χ1v) is 10.0. The van der Waals surface area contributed by atoms with Crippen molar-refractivity contribution in [3.63, 3.8) is 0 Å². The van der Waals surface area contributed by atoms with Gasteiger partial charge in [0, 0.05) is 43.1 Å². The number of piperidine rings is 1. The molecule has 0 aliphatic carbocycles. The predicted octanol–water partition coefficient (Wildman–Crippen LogP) is 3.38. The van der Waals surface area contributed by atoms with Crippen molar-refractivity contribution in [3.05, 3.63) is 23.8 Å². The molecular weight excluding hydrogens is 356 g/mol. The van der Waals surface area contributed by atoms with Crippen LogP contribution in [0.5, 0.6) is 11.5 Å². The van der Waals surface area contributed by atoms with Gasteiger partial charge >= 0.3 is 0 Å². The van der Waals surface area contributed by atoms with Crippen LogP contribution in [0.2, 0.25) is 0 Å². The standard InChI is InChI=1S/C22H34N2O4/c1-22(2,3)21(26)24-12-6-7-16(15-24)8-11-20(25)23-14-17-9-10-18(27-4)13-19(17)28-5/h9-10,13,16H,6-8,11-12,14-15H2,1-5H3,(H,23,25)/t16-/m1/s1. The van der Waals surface area contributed by atoms with Gasteiger partial charge < -0.3 is 19.7 Å². The van der Waals surface area contributed by atoms with Crippen LogP contribution < -0.4 is 14.8 Å². The van der Waals surface area contributed by atoms with Crippen molar-refractivity contribution in [2.75, 3.05) is 27.3 Å². The maximum absolute atomic E-state index is 12.5. The summed E-state index contributed by atoms with van der Waals surface area (Å²) in [6.07, 6.45) is 3.37. The minimum Gasteiger partial charge on any atom is -0.497 e. The topological polar surface area (TPSA) is 67.9 Å². The number of nitrogens with zero attached hydrogens (tertiary/aromatic N) is 1. The maximum atomic E-state index is 12.5. The fraction of sp³-hybridized carbons (Fsp3) is 0.636. The molecule has 0 unspecified atom stereocenters. The lowest BCUT2D eigenvalue weighted by molar-refractivity contribution is -0.141. The number of rotatable bonds is 7. The molecule has 1 aromatic carbocycles. The monoisotopic (exact) mass is 390 g/mol. The summed E-state index contributed by atoms with van der Waals surface area (Å²) in [7, 11) is 3.21. The lowest BCUT2D eigenvalue weighted by Crippen LogP contribution is -2.45. The highest BCUT2D eigenvalue weighted by atomic mass is 16.5. The average Bonchev–Trinajstić information content (AvgIpc) is 2.69. The summed E-state index contributed by atoms with van der Waals surface area (Å²) in [6.45, 7) is 7.89. The number of methoxy groups -OCH3 is 2. The number of carbonyl (C=O) groups is 2. The van der Waals surface area contributed by atoms with Crippen molar-refractivity contribution in [1.29, 1.82) is 0 Å². The quantitative estimate of drug-likeness (QED) is 0.775. The molecule has 28 heavy (non-hydrogen) atoms. The zero-order chi connectivity index (χ0) is 20.7. The van der Waals surface area contributed by atoms with E-state index in [1.54, 1.807) is 14.2 Å². The minimum atomic E-state index is -0.351. The van der Waals surface area contributed by atoms with Crippen molar-refractivity contribution in [3.8, 4) is 11.5 Å². The second-order valence-electron chi connectivity index (χ2n) is 8.50. The Morgan fingerprint density at radius 1 is 1.21 bits per heavy atom. The van der Waals surface area contributed by atoms with Crippen LogP contribution in [0.25, 0.3) is 0 Å². The average molecular weight is 391 g/mol. The highest BCUT2D eigenvalue weighted by Gasteiger charge is 2.31. The summed E-state index contributed by atoms with van der Waals surface area (Å²) >= 11 is 0. The number of hydrogen-bond acceptors (Lipinski definition) is 4. The van der Waals surface area contributed by atoms with Crippen LogP contribution in [0, 0.1) is 11.3 Å². The Bertz CT molecular complexity index is 682. The van der Waals surface area contributed by atoms with Crippen LogP contribution in [-0.4, -0.2) is 44.0 Å². The molecule has 0 radical (unpaired) electrons. The Hall–Kier alpha value is -2.24. The second kappa shape index (κ2) is 9.80. The Morgan fingerprint density at radius 3 is 2.61 bits per heavy atom. The van der Waals surface area contributed by atoms with E-state index < -0.39 is 0 Å². The van der Waals surface area contributed by atoms with E-state index in [0.717, 1.165) is 43.7 Å². The number of amides is 2. The number of benzene rings is 1. The van der Waals surface area contributed by atoms with Gasteiger partial charge in [-0.05, 0) is 37.3 Å². The summed E-state index contributed by atoms with van der Waals surface area (Å²) in [6, 6.07) is 5.56. The van der Waals surface area contributed by atoms with E-state index in [0.29, 0.717) is 24.6 Å². The van der Waals surface area contributed by atoms with Crippen LogP contribution in [-0.2, 0) is 16.1 Å². The second-order valence-corrected chi connectivity index (χ2v) is 8.50. The molecule has 0 spiro atoms. The van der Waals surface area contributed by atoms with Crippen molar-refractivity contribution in [2.24, 2.45) is 11.3 Å². The highest BCUT2D eigenvalue weighted by molar-refractivity contribution is 5.81. The van der Waals surface area contributed by atoms with Gasteiger partial charge in [0.05, 0.1) is 14.2 Å². The van der Waals surface area contributed by atoms with E-state index in [1.165, 1.54) is 0 Å². The van der Waals surface area contributed by atoms with Crippen molar-refractivity contribution in [1.82, 2.24) is 10.2 Å². The molecule has 2 rings (SSSR count). The van der Waals surface area contributed by atoms with Gasteiger partial charge in [-0.25, -0.2) is 0 Å². The molecule has 0 saturated carbocycles. The van der Waals surface area contributed by atoms with Gasteiger partial charge in [0.2, 0.25) is 11.8 Å². The van der Waals surface area contributed by atoms with Crippen LogP contribution >= 0.6 is 0 Å². The van der Waals surface area contributed by atoms with Crippen molar-refractivity contribution >= 4 is 11.8 Å². The zero-order valence-corrected chi connectivity index (χ0v) is 17.8. The molecule has 6 heteroatoms. The van der Waals surface area contributed by atoms with Crippen LogP contribution in [0.1, 0.15) is 52.0 Å². The number of carbonyl (C=O) groups excluding carboxylic acids is 2. The third kappa shape index (κ3) is 6.14. The van der Waals surface area contributed by atoms with Gasteiger partial charge in [0.1, 0.15) is 11.5 Å². The van der Waals surface area contributed by atoms with Gasteiger partial charge in [-0.3, -0.25) is 9.59 Å². The molecule has 0 bridgehead atoms. The molecule has 1 saturated heterocycles. The van der Waals surface area contributed by atoms with Gasteiger partial charge in [0.25, 0.3) is 0 Å². The summed E-state index contributed by atoms with van der Waals surface area (Å²) in [4.78, 5) is 26.8. The van der Waals surface area contributed by atoms with Gasteiger partial charge in [0.15, 0.2) is 0 Å². The molecule has 2 amide bonds. The molecular formula is C22H34N2O4. The smallest absolute Gasteiger partial charge is 0.227 e. The molecule has 1 heterocycles. The number of likely N-dealkylation sites (tertiary alicyclic amines) is 1. The Morgan fingerprint density at radius 2 is 1.96 bits per heavy atom. The lowest BCUT2D eigenvalue weighted by atomic mass is 9.89. The molecule has 1 fully saturated rings. The van der Waals surface area contributed by atoms with E-state index >= 15 is 0 Å². The van der Waals surface area contributed by atoms with Gasteiger partial charge in [-0.2, -0.15) is 0 Å². The largest absolute Gasteiger partial charge is 0.497 e. The van der Waals surface area contributed by atoms with Crippen LogP contribution in [0.3, 0.4) is 0 Å². The third-order valence-electron chi connectivity index (χ3n) is 5.20. The SMILES string of the molecule is COc1ccc(CNC(=O)CC[C@H]2CCCN(C(=O)C(C)(C)C)C2)c(OC)c1. The fourth-order valence-corrected chi connectivity index (χ4v) is 3.57. The first-order chi connectivity index (χ1) is 13.2. The molecule has 1 aromatic rings. The fourth-order valence-electron chi connectivity index (χ4n) is 3.57. The first-order valence-electron chi connectivity index (χ1n) is 10.0. The number of ether oxygens (including phenoxy) is 2.